The molecule has 0 heterocycles. The molecule has 0 spiro atoms. The monoisotopic (exact) mass is 253 g/mol. The molecule has 1 aromatic rings. The molecule has 0 radical (unpaired) electrons. The van der Waals surface area contributed by atoms with Crippen molar-refractivity contribution in [1.82, 2.24) is 0 Å². The van der Waals surface area contributed by atoms with E-state index in [2.05, 4.69) is 45.0 Å². The minimum Gasteiger partial charge on any atom is -0.246 e. The zero-order valence-electron chi connectivity index (χ0n) is 11.4. The van der Waals surface area contributed by atoms with Gasteiger partial charge in [0.25, 0.3) is 0 Å². The molecule has 0 aromatic heterocycles. The van der Waals surface area contributed by atoms with E-state index in [0.717, 1.165) is 25.2 Å². The second-order valence-electron chi connectivity index (χ2n) is 4.86. The molecule has 0 bridgehead atoms. The topological polar surface area (TPSA) is 20.2 Å². The third-order valence-electron chi connectivity index (χ3n) is 3.33. The second kappa shape index (κ2) is 7.13. The number of benzene rings is 1. The predicted octanol–water partition coefficient (Wildman–Crippen LogP) is 4.15. The maximum Gasteiger partial charge on any atom is 0.174 e. The molecule has 0 saturated heterocycles. The van der Waals surface area contributed by atoms with Crippen LogP contribution in [0.4, 0.5) is 0 Å². The van der Waals surface area contributed by atoms with Crippen LogP contribution in [0.25, 0.3) is 0 Å². The molecular weight excluding hydrogens is 227 g/mol. The lowest BCUT2D eigenvalue weighted by molar-refractivity contribution is 0.599. The van der Waals surface area contributed by atoms with Gasteiger partial charge in [0.2, 0.25) is 0 Å². The van der Waals surface area contributed by atoms with Crippen LogP contribution in [0, 0.1) is 6.92 Å². The van der Waals surface area contributed by atoms with Crippen molar-refractivity contribution in [2.24, 2.45) is 0 Å². The van der Waals surface area contributed by atoms with Crippen molar-refractivity contribution in [2.45, 2.75) is 46.5 Å². The lowest BCUT2D eigenvalue weighted by Crippen LogP contribution is -2.19. The van der Waals surface area contributed by atoms with Gasteiger partial charge in [0.05, 0.1) is 12.3 Å². The maximum absolute atomic E-state index is 11.0. The lowest BCUT2D eigenvalue weighted by Gasteiger charge is -2.21. The van der Waals surface area contributed by atoms with Crippen LogP contribution in [0.1, 0.15) is 45.1 Å². The fourth-order valence-corrected chi connectivity index (χ4v) is 5.70. The molecule has 2 heteroatoms. The summed E-state index contributed by atoms with van der Waals surface area (Å²) in [4.78, 5) is 11.0. The quantitative estimate of drug-likeness (QED) is 0.724. The highest BCUT2D eigenvalue weighted by Gasteiger charge is 2.38. The van der Waals surface area contributed by atoms with E-state index in [1.165, 1.54) is 23.7 Å². The Morgan fingerprint density at radius 2 is 1.53 bits per heavy atom. The number of hydrogen-bond acceptors (Lipinski definition) is 1. The van der Waals surface area contributed by atoms with Crippen LogP contribution in [0.5, 0.6) is 0 Å². The Labute approximate surface area is 107 Å². The minimum absolute atomic E-state index is 0.994. The van der Waals surface area contributed by atoms with Gasteiger partial charge >= 0.3 is 0 Å². The van der Waals surface area contributed by atoms with Gasteiger partial charge in [0.15, 0.2) is 7.49 Å². The van der Waals surface area contributed by atoms with Gasteiger partial charge in [-0.05, 0) is 31.4 Å². The van der Waals surface area contributed by atoms with Crippen molar-refractivity contribution in [3.05, 3.63) is 29.8 Å². The van der Waals surface area contributed by atoms with Gasteiger partial charge in [-0.3, -0.25) is 0 Å². The normalized spacial score (nSPS) is 11.8. The van der Waals surface area contributed by atoms with E-state index >= 15 is 0 Å². The SMILES string of the molecule is CCCC[P+](O)(CCCC)c1ccccc1C. The average molecular weight is 253 g/mol. The molecule has 1 N–H and O–H groups in total. The Kier molecular flexibility index (Phi) is 6.16. The van der Waals surface area contributed by atoms with E-state index < -0.39 is 7.49 Å². The largest absolute Gasteiger partial charge is 0.246 e. The Morgan fingerprint density at radius 3 is 2.00 bits per heavy atom. The highest BCUT2D eigenvalue weighted by atomic mass is 31.2. The molecule has 1 aromatic carbocycles. The van der Waals surface area contributed by atoms with E-state index in [9.17, 15) is 4.89 Å². The van der Waals surface area contributed by atoms with Crippen LogP contribution in [-0.4, -0.2) is 17.2 Å². The van der Waals surface area contributed by atoms with Gasteiger partial charge < -0.3 is 0 Å². The summed E-state index contributed by atoms with van der Waals surface area (Å²) in [6, 6.07) is 8.38. The minimum atomic E-state index is -1.89. The molecule has 1 rings (SSSR count). The molecule has 96 valence electrons. The summed E-state index contributed by atoms with van der Waals surface area (Å²) in [6.07, 6.45) is 6.61. The number of rotatable bonds is 7. The van der Waals surface area contributed by atoms with Gasteiger partial charge in [-0.15, -0.1) is 0 Å². The summed E-state index contributed by atoms with van der Waals surface area (Å²) >= 11 is 0. The van der Waals surface area contributed by atoms with Gasteiger partial charge in [0, 0.05) is 0 Å². The van der Waals surface area contributed by atoms with E-state index in [1.807, 2.05) is 0 Å². The van der Waals surface area contributed by atoms with Gasteiger partial charge in [-0.25, -0.2) is 4.89 Å². The second-order valence-corrected chi connectivity index (χ2v) is 8.09. The molecule has 0 saturated carbocycles. The van der Waals surface area contributed by atoms with E-state index in [0.29, 0.717) is 0 Å². The van der Waals surface area contributed by atoms with Crippen molar-refractivity contribution in [3.63, 3.8) is 0 Å². The van der Waals surface area contributed by atoms with Crippen LogP contribution >= 0.6 is 7.49 Å². The fourth-order valence-electron chi connectivity index (χ4n) is 2.22. The summed E-state index contributed by atoms with van der Waals surface area (Å²) in [7, 11) is -1.89. The Hall–Kier alpha value is -0.390. The standard InChI is InChI=1S/C15H26OP/c1-4-6-12-17(16,13-7-5-2)15-11-9-8-10-14(15)3/h8-11,16H,4-7,12-13H2,1-3H3/q+1. The van der Waals surface area contributed by atoms with E-state index in [1.54, 1.807) is 0 Å². The molecule has 0 aliphatic carbocycles. The molecular formula is C15H26OP+. The molecule has 0 atom stereocenters. The Balaban J connectivity index is 2.92. The smallest absolute Gasteiger partial charge is 0.174 e. The van der Waals surface area contributed by atoms with E-state index in [-0.39, 0.29) is 0 Å². The van der Waals surface area contributed by atoms with Gasteiger partial charge in [-0.1, -0.05) is 44.9 Å². The van der Waals surface area contributed by atoms with Crippen LogP contribution in [0.3, 0.4) is 0 Å². The molecule has 0 amide bonds. The van der Waals surface area contributed by atoms with Crippen LogP contribution < -0.4 is 5.30 Å². The van der Waals surface area contributed by atoms with Crippen molar-refractivity contribution >= 4 is 12.8 Å². The highest BCUT2D eigenvalue weighted by Crippen LogP contribution is 2.55. The first kappa shape index (κ1) is 14.7. The van der Waals surface area contributed by atoms with Crippen LogP contribution in [0.2, 0.25) is 0 Å². The summed E-state index contributed by atoms with van der Waals surface area (Å²) < 4.78 is 0. The summed E-state index contributed by atoms with van der Waals surface area (Å²) in [6.45, 7) is 6.52. The fraction of sp³-hybridized carbons (Fsp3) is 0.600. The van der Waals surface area contributed by atoms with E-state index in [4.69, 9.17) is 0 Å². The third kappa shape index (κ3) is 4.08. The number of hydrogen-bond donors (Lipinski definition) is 1. The highest BCUT2D eigenvalue weighted by molar-refractivity contribution is 7.77. The van der Waals surface area contributed by atoms with Crippen LogP contribution in [0.15, 0.2) is 24.3 Å². The van der Waals surface area contributed by atoms with Crippen molar-refractivity contribution in [2.75, 3.05) is 12.3 Å². The summed E-state index contributed by atoms with van der Waals surface area (Å²) in [5.41, 5.74) is 1.26. The van der Waals surface area contributed by atoms with Crippen molar-refractivity contribution in [1.29, 1.82) is 0 Å². The molecule has 0 unspecified atom stereocenters. The first-order valence-corrected chi connectivity index (χ1v) is 8.91. The first-order chi connectivity index (χ1) is 8.14. The summed E-state index contributed by atoms with van der Waals surface area (Å²) in [5.74, 6) is 0. The predicted molar refractivity (Wildman–Crippen MR) is 79.5 cm³/mol. The molecule has 1 nitrogen and oxygen atoms in total. The van der Waals surface area contributed by atoms with Crippen molar-refractivity contribution < 1.29 is 4.89 Å². The van der Waals surface area contributed by atoms with Crippen LogP contribution in [-0.2, 0) is 0 Å². The molecule has 17 heavy (non-hydrogen) atoms. The maximum atomic E-state index is 11.0. The average Bonchev–Trinajstić information content (AvgIpc) is 2.34. The van der Waals surface area contributed by atoms with Gasteiger partial charge in [0.1, 0.15) is 5.30 Å². The van der Waals surface area contributed by atoms with Crippen molar-refractivity contribution in [3.8, 4) is 0 Å². The summed E-state index contributed by atoms with van der Waals surface area (Å²) in [5, 5.41) is 1.24. The number of unbranched alkanes of at least 4 members (excludes halogenated alkanes) is 2. The Morgan fingerprint density at radius 1 is 1.00 bits per heavy atom. The van der Waals surface area contributed by atoms with Gasteiger partial charge in [-0.2, -0.15) is 0 Å². The number of aryl methyl sites for hydroxylation is 1. The first-order valence-electron chi connectivity index (χ1n) is 6.80. The Bertz CT molecular complexity index is 327. The zero-order valence-corrected chi connectivity index (χ0v) is 12.3. The third-order valence-corrected chi connectivity index (χ3v) is 6.84. The molecule has 0 aliphatic rings. The lowest BCUT2D eigenvalue weighted by atomic mass is 10.2. The molecule has 0 aliphatic heterocycles. The molecule has 0 fully saturated rings. The zero-order chi connectivity index (χ0) is 12.7.